The van der Waals surface area contributed by atoms with Crippen LogP contribution in [0.5, 0.6) is 0 Å². The maximum absolute atomic E-state index is 4.76. The molecule has 0 aliphatic carbocycles. The van der Waals surface area contributed by atoms with E-state index in [2.05, 4.69) is 50.7 Å². The van der Waals surface area contributed by atoms with Crippen molar-refractivity contribution in [3.63, 3.8) is 0 Å². The molecule has 0 radical (unpaired) electrons. The summed E-state index contributed by atoms with van der Waals surface area (Å²) in [4.78, 5) is 4.35. The van der Waals surface area contributed by atoms with Crippen molar-refractivity contribution in [1.29, 1.82) is 0 Å². The third-order valence-corrected chi connectivity index (χ3v) is 4.39. The summed E-state index contributed by atoms with van der Waals surface area (Å²) in [6.07, 6.45) is 0. The van der Waals surface area contributed by atoms with Crippen LogP contribution in [0.3, 0.4) is 0 Å². The van der Waals surface area contributed by atoms with Crippen LogP contribution in [0.15, 0.2) is 4.76 Å². The summed E-state index contributed by atoms with van der Waals surface area (Å²) in [5, 5.41) is 0. The summed E-state index contributed by atoms with van der Waals surface area (Å²) in [5.41, 5.74) is 0.701. The van der Waals surface area contributed by atoms with E-state index in [1.165, 1.54) is 5.84 Å². The van der Waals surface area contributed by atoms with Gasteiger partial charge in [-0.2, -0.15) is 0 Å². The number of hydrogen-bond donors (Lipinski definition) is 0. The van der Waals surface area contributed by atoms with Gasteiger partial charge in [0.25, 0.3) is 0 Å². The molecule has 0 aromatic carbocycles. The molecule has 76 valence electrons. The molecule has 1 rings (SSSR count). The van der Waals surface area contributed by atoms with Gasteiger partial charge >= 0.3 is 0 Å². The Kier molecular flexibility index (Phi) is 3.57. The van der Waals surface area contributed by atoms with Crippen LogP contribution in [-0.4, -0.2) is 54.9 Å². The molecule has 1 unspecified atom stereocenters. The molecule has 1 atom stereocenters. The predicted molar refractivity (Wildman–Crippen MR) is 63.3 cm³/mol. The zero-order chi connectivity index (χ0) is 10.0. The molecule has 0 saturated heterocycles. The Balaban J connectivity index is 2.66. The van der Waals surface area contributed by atoms with Crippen molar-refractivity contribution in [3.05, 3.63) is 0 Å². The van der Waals surface area contributed by atoms with Crippen molar-refractivity contribution < 1.29 is 0 Å². The van der Waals surface area contributed by atoms with Crippen LogP contribution in [0.2, 0.25) is 0 Å². The molecule has 1 aliphatic heterocycles. The Morgan fingerprint density at radius 1 is 1.54 bits per heavy atom. The fourth-order valence-corrected chi connectivity index (χ4v) is 2.92. The lowest BCUT2D eigenvalue weighted by atomic mass is 10.5. The molecule has 0 fully saturated rings. The maximum Gasteiger partial charge on any atom is 0.121 e. The molecule has 1 heterocycles. The lowest BCUT2D eigenvalue weighted by molar-refractivity contribution is 0.457. The number of rotatable bonds is 3. The van der Waals surface area contributed by atoms with E-state index in [0.29, 0.717) is 5.66 Å². The maximum atomic E-state index is 4.76. The number of amidine groups is 1. The van der Waals surface area contributed by atoms with Crippen molar-refractivity contribution in [2.24, 2.45) is 4.76 Å². The van der Waals surface area contributed by atoms with Gasteiger partial charge in [-0.15, -0.1) is 0 Å². The Hall–Kier alpha value is -0.270. The van der Waals surface area contributed by atoms with E-state index in [0.717, 1.165) is 6.54 Å². The van der Waals surface area contributed by atoms with Crippen LogP contribution >= 0.6 is 7.70 Å². The molecule has 13 heavy (non-hydrogen) atoms. The second-order valence-corrected chi connectivity index (χ2v) is 6.57. The quantitative estimate of drug-likeness (QED) is 0.639. The molecule has 0 saturated carbocycles. The molecule has 0 spiro atoms. The Bertz CT molecular complexity index is 243. The highest BCUT2D eigenvalue weighted by Crippen LogP contribution is 2.34. The third kappa shape index (κ3) is 2.85. The molecular weight excluding hydrogens is 181 g/mol. The summed E-state index contributed by atoms with van der Waals surface area (Å²) in [6, 6.07) is 0. The van der Waals surface area contributed by atoms with Crippen molar-refractivity contribution in [2.75, 3.05) is 27.7 Å². The third-order valence-electron chi connectivity index (χ3n) is 2.04. The van der Waals surface area contributed by atoms with Crippen molar-refractivity contribution >= 4 is 19.5 Å². The van der Waals surface area contributed by atoms with Gasteiger partial charge in [0.05, 0.1) is 6.54 Å². The first-order chi connectivity index (χ1) is 6.00. The molecule has 0 bridgehead atoms. The summed E-state index contributed by atoms with van der Waals surface area (Å²) in [6.45, 7) is 5.45. The Morgan fingerprint density at radius 3 is 2.54 bits per heavy atom. The number of likely N-dealkylation sites (N-methyl/N-ethyl adjacent to an activating group) is 2. The predicted octanol–water partition coefficient (Wildman–Crippen LogP) is 1.19. The van der Waals surface area contributed by atoms with Crippen molar-refractivity contribution in [1.82, 2.24) is 9.80 Å². The molecule has 0 amide bonds. The molecular formula is C9H20N3P. The first-order valence-electron chi connectivity index (χ1n) is 4.67. The highest BCUT2D eigenvalue weighted by Gasteiger charge is 2.14. The fourth-order valence-electron chi connectivity index (χ4n) is 1.24. The van der Waals surface area contributed by atoms with Crippen LogP contribution < -0.4 is 0 Å². The van der Waals surface area contributed by atoms with E-state index in [9.17, 15) is 0 Å². The van der Waals surface area contributed by atoms with Crippen LogP contribution in [0, 0.1) is 0 Å². The largest absolute Gasteiger partial charge is 0.337 e. The van der Waals surface area contributed by atoms with E-state index in [-0.39, 0.29) is 0 Å². The average Bonchev–Trinajstić information content (AvgIpc) is 2.31. The van der Waals surface area contributed by atoms with E-state index in [1.54, 1.807) is 0 Å². The second kappa shape index (κ2) is 4.30. The minimum absolute atomic E-state index is 0.609. The summed E-state index contributed by atoms with van der Waals surface area (Å²) in [5.74, 6) is 3.52. The van der Waals surface area contributed by atoms with Gasteiger partial charge in [0, 0.05) is 20.7 Å². The number of nitrogens with zero attached hydrogens (tertiary/aromatic N) is 3. The molecule has 1 aliphatic rings. The second-order valence-electron chi connectivity index (χ2n) is 4.09. The number of hydrogen-bond acceptors (Lipinski definition) is 3. The zero-order valence-corrected chi connectivity index (χ0v) is 10.2. The first-order valence-corrected chi connectivity index (χ1v) is 6.27. The van der Waals surface area contributed by atoms with E-state index >= 15 is 0 Å². The van der Waals surface area contributed by atoms with Crippen molar-refractivity contribution in [3.8, 4) is 0 Å². The molecule has 0 N–H and O–H groups in total. The minimum Gasteiger partial charge on any atom is -0.337 e. The van der Waals surface area contributed by atoms with E-state index in [4.69, 9.17) is 4.76 Å². The van der Waals surface area contributed by atoms with E-state index < -0.39 is 7.70 Å². The molecule has 0 aromatic rings. The lowest BCUT2D eigenvalue weighted by Crippen LogP contribution is -2.31. The van der Waals surface area contributed by atoms with Gasteiger partial charge in [0.1, 0.15) is 5.84 Å². The topological polar surface area (TPSA) is 18.8 Å². The van der Waals surface area contributed by atoms with Gasteiger partial charge in [-0.05, 0) is 19.8 Å². The smallest absolute Gasteiger partial charge is 0.121 e. The molecule has 3 nitrogen and oxygen atoms in total. The van der Waals surface area contributed by atoms with Gasteiger partial charge in [-0.1, -0.05) is 13.8 Å². The summed E-state index contributed by atoms with van der Waals surface area (Å²) < 4.78 is 4.76. The monoisotopic (exact) mass is 201 g/mol. The summed E-state index contributed by atoms with van der Waals surface area (Å²) in [7, 11) is 5.65. The Morgan fingerprint density at radius 2 is 2.15 bits per heavy atom. The van der Waals surface area contributed by atoms with Crippen LogP contribution in [0.1, 0.15) is 13.8 Å². The van der Waals surface area contributed by atoms with E-state index in [1.807, 2.05) is 0 Å². The first kappa shape index (κ1) is 10.8. The SMILES string of the molecule is CC(C)[PH]1=CN(C)C(CN(C)C)=N1. The highest BCUT2D eigenvalue weighted by molar-refractivity contribution is 7.57. The van der Waals surface area contributed by atoms with Gasteiger partial charge in [-0.3, -0.25) is 4.76 Å². The molecule has 0 aromatic heterocycles. The van der Waals surface area contributed by atoms with Gasteiger partial charge in [-0.25, -0.2) is 0 Å². The summed E-state index contributed by atoms with van der Waals surface area (Å²) >= 11 is 0. The van der Waals surface area contributed by atoms with Crippen molar-refractivity contribution in [2.45, 2.75) is 19.5 Å². The van der Waals surface area contributed by atoms with Crippen LogP contribution in [0.25, 0.3) is 0 Å². The van der Waals surface area contributed by atoms with Crippen LogP contribution in [-0.2, 0) is 0 Å². The standard InChI is InChI=1S/C9H20N3P/c1-8(2)13-7-12(5)9(10-13)6-11(3)4/h7-8,13H,6H2,1-5H3. The minimum atomic E-state index is -0.609. The normalized spacial score (nSPS) is 22.5. The highest BCUT2D eigenvalue weighted by atomic mass is 31.1. The van der Waals surface area contributed by atoms with Crippen LogP contribution in [0.4, 0.5) is 0 Å². The van der Waals surface area contributed by atoms with Gasteiger partial charge < -0.3 is 9.80 Å². The Labute approximate surface area is 81.9 Å². The van der Waals surface area contributed by atoms with Gasteiger partial charge in [0.15, 0.2) is 0 Å². The lowest BCUT2D eigenvalue weighted by Gasteiger charge is -2.15. The zero-order valence-electron chi connectivity index (χ0n) is 9.20. The fraction of sp³-hybridized carbons (Fsp3) is 0.778. The average molecular weight is 201 g/mol. The van der Waals surface area contributed by atoms with Gasteiger partial charge in [0.2, 0.25) is 0 Å². The molecule has 4 heteroatoms.